The number of fused-ring (bicyclic) bond motifs is 2. The molecule has 4 nitrogen and oxygen atoms in total. The zero-order valence-corrected chi connectivity index (χ0v) is 12.7. The van der Waals surface area contributed by atoms with E-state index in [1.54, 1.807) is 6.21 Å². The molecule has 2 aliphatic heterocycles. The van der Waals surface area contributed by atoms with E-state index in [4.69, 9.17) is 0 Å². The van der Waals surface area contributed by atoms with Crippen molar-refractivity contribution in [3.05, 3.63) is 35.4 Å². The Kier molecular flexibility index (Phi) is 3.64. The van der Waals surface area contributed by atoms with Crippen molar-refractivity contribution in [3.63, 3.8) is 0 Å². The van der Waals surface area contributed by atoms with Gasteiger partial charge in [-0.05, 0) is 55.5 Å². The highest BCUT2D eigenvalue weighted by Crippen LogP contribution is 2.42. The summed E-state index contributed by atoms with van der Waals surface area (Å²) in [6.45, 7) is 1.73. The van der Waals surface area contributed by atoms with Gasteiger partial charge in [0.2, 0.25) is 5.91 Å². The fraction of sp³-hybridized carbons (Fsp3) is 0.529. The minimum Gasteiger partial charge on any atom is -0.316 e. The van der Waals surface area contributed by atoms with Crippen LogP contribution in [0.5, 0.6) is 0 Å². The Labute approximate surface area is 133 Å². The van der Waals surface area contributed by atoms with E-state index < -0.39 is 17.7 Å². The zero-order chi connectivity index (χ0) is 16.0. The molecule has 1 saturated carbocycles. The second-order valence-corrected chi connectivity index (χ2v) is 6.72. The molecule has 1 aromatic carbocycles. The molecule has 2 heterocycles. The molecular weight excluding hydrogens is 300 g/mol. The second kappa shape index (κ2) is 5.67. The van der Waals surface area contributed by atoms with Gasteiger partial charge < -0.3 is 5.32 Å². The number of halogens is 2. The number of piperidine rings is 1. The third-order valence-corrected chi connectivity index (χ3v) is 5.35. The van der Waals surface area contributed by atoms with Gasteiger partial charge in [-0.3, -0.25) is 4.79 Å². The summed E-state index contributed by atoms with van der Waals surface area (Å²) in [7, 11) is 0. The van der Waals surface area contributed by atoms with Crippen molar-refractivity contribution in [1.82, 2.24) is 10.3 Å². The van der Waals surface area contributed by atoms with Gasteiger partial charge in [0.05, 0.1) is 6.04 Å². The van der Waals surface area contributed by atoms with Gasteiger partial charge in [-0.25, -0.2) is 13.8 Å². The van der Waals surface area contributed by atoms with E-state index in [1.807, 2.05) is 0 Å². The van der Waals surface area contributed by atoms with Crippen LogP contribution in [0.25, 0.3) is 0 Å². The van der Waals surface area contributed by atoms with Crippen molar-refractivity contribution in [2.24, 2.45) is 22.9 Å². The molecule has 3 unspecified atom stereocenters. The summed E-state index contributed by atoms with van der Waals surface area (Å²) < 4.78 is 27.0. The molecule has 1 saturated heterocycles. The molecule has 23 heavy (non-hydrogen) atoms. The van der Waals surface area contributed by atoms with Gasteiger partial charge in [0.25, 0.3) is 0 Å². The average Bonchev–Trinajstić information content (AvgIpc) is 3.09. The summed E-state index contributed by atoms with van der Waals surface area (Å²) in [5.41, 5.74) is 0.467. The number of nitrogens with one attached hydrogen (secondary N) is 1. The van der Waals surface area contributed by atoms with E-state index in [9.17, 15) is 13.6 Å². The predicted octanol–water partition coefficient (Wildman–Crippen LogP) is 2.47. The van der Waals surface area contributed by atoms with Crippen LogP contribution in [0.15, 0.2) is 23.3 Å². The number of rotatable bonds is 2. The fourth-order valence-electron chi connectivity index (χ4n) is 4.31. The van der Waals surface area contributed by atoms with E-state index in [-0.39, 0.29) is 11.8 Å². The second-order valence-electron chi connectivity index (χ2n) is 6.72. The van der Waals surface area contributed by atoms with Crippen LogP contribution in [0.2, 0.25) is 0 Å². The van der Waals surface area contributed by atoms with Gasteiger partial charge in [0.1, 0.15) is 11.6 Å². The lowest BCUT2D eigenvalue weighted by atomic mass is 9.85. The summed E-state index contributed by atoms with van der Waals surface area (Å²) in [5, 5.41) is 9.04. The number of amides is 1. The molecule has 2 fully saturated rings. The lowest BCUT2D eigenvalue weighted by Crippen LogP contribution is -2.46. The lowest BCUT2D eigenvalue weighted by molar-refractivity contribution is -0.140. The van der Waals surface area contributed by atoms with Crippen molar-refractivity contribution in [1.29, 1.82) is 0 Å². The van der Waals surface area contributed by atoms with E-state index in [2.05, 4.69) is 10.4 Å². The van der Waals surface area contributed by atoms with Crippen molar-refractivity contribution in [2.75, 3.05) is 13.1 Å². The molecule has 3 aliphatic rings. The quantitative estimate of drug-likeness (QED) is 0.910. The molecule has 1 aliphatic carbocycles. The maximum absolute atomic E-state index is 13.5. The maximum Gasteiger partial charge on any atom is 0.247 e. The third-order valence-electron chi connectivity index (χ3n) is 5.35. The molecule has 4 rings (SSSR count). The molecular formula is C17H19F2N3O. The number of hydrogen-bond acceptors (Lipinski definition) is 3. The largest absolute Gasteiger partial charge is 0.316 e. The van der Waals surface area contributed by atoms with Crippen molar-refractivity contribution < 1.29 is 13.6 Å². The van der Waals surface area contributed by atoms with Gasteiger partial charge in [0.15, 0.2) is 0 Å². The highest BCUT2D eigenvalue weighted by Gasteiger charge is 2.46. The Morgan fingerprint density at radius 2 is 1.78 bits per heavy atom. The van der Waals surface area contributed by atoms with Crippen LogP contribution < -0.4 is 5.32 Å². The highest BCUT2D eigenvalue weighted by molar-refractivity contribution is 5.83. The van der Waals surface area contributed by atoms with Crippen LogP contribution >= 0.6 is 0 Å². The molecule has 122 valence electrons. The van der Waals surface area contributed by atoms with E-state index in [0.717, 1.165) is 32.0 Å². The maximum atomic E-state index is 13.5. The summed E-state index contributed by atoms with van der Waals surface area (Å²) in [5.74, 6) is -0.568. The monoisotopic (exact) mass is 319 g/mol. The van der Waals surface area contributed by atoms with Gasteiger partial charge in [-0.1, -0.05) is 0 Å². The molecule has 0 radical (unpaired) electrons. The third kappa shape index (κ3) is 2.55. The Morgan fingerprint density at radius 3 is 2.43 bits per heavy atom. The van der Waals surface area contributed by atoms with Crippen molar-refractivity contribution in [2.45, 2.75) is 25.3 Å². The van der Waals surface area contributed by atoms with Gasteiger partial charge in [-0.15, -0.1) is 0 Å². The first-order valence-electron chi connectivity index (χ1n) is 8.15. The first-order chi connectivity index (χ1) is 11.1. The van der Waals surface area contributed by atoms with Crippen molar-refractivity contribution >= 4 is 12.1 Å². The van der Waals surface area contributed by atoms with E-state index >= 15 is 0 Å². The molecule has 0 spiro atoms. The van der Waals surface area contributed by atoms with Crippen LogP contribution in [-0.2, 0) is 4.79 Å². The highest BCUT2D eigenvalue weighted by atomic mass is 19.1. The van der Waals surface area contributed by atoms with E-state index in [0.29, 0.717) is 23.8 Å². The molecule has 1 amide bonds. The number of carbonyl (C=O) groups is 1. The van der Waals surface area contributed by atoms with Gasteiger partial charge >= 0.3 is 0 Å². The van der Waals surface area contributed by atoms with Crippen LogP contribution in [-0.4, -0.2) is 30.2 Å². The minimum absolute atomic E-state index is 0.00224. The Balaban J connectivity index is 1.60. The zero-order valence-electron chi connectivity index (χ0n) is 12.7. The number of hydrogen-bond donors (Lipinski definition) is 1. The lowest BCUT2D eigenvalue weighted by Gasteiger charge is -2.33. The number of hydrazone groups is 1. The first-order valence-corrected chi connectivity index (χ1v) is 8.15. The summed E-state index contributed by atoms with van der Waals surface area (Å²) in [6, 6.07) is 3.03. The fourth-order valence-corrected chi connectivity index (χ4v) is 4.31. The normalized spacial score (nSPS) is 32.5. The molecule has 2 bridgehead atoms. The molecule has 6 heteroatoms. The molecule has 1 aromatic rings. The molecule has 0 aromatic heterocycles. The molecule has 3 atom stereocenters. The van der Waals surface area contributed by atoms with Crippen LogP contribution in [0, 0.1) is 29.4 Å². The summed E-state index contributed by atoms with van der Waals surface area (Å²) in [6.07, 6.45) is 4.28. The Hall–Kier alpha value is -1.82. The standard InChI is InChI=1S/C17H19F2N3O/c18-13-5-12(6-14(19)7-13)15-3-4-21-22(15)17(23)16-10-1-2-11(16)9-20-8-10/h4-7,10-11,15-16,20H,1-3,8-9H2. The van der Waals surface area contributed by atoms with Crippen LogP contribution in [0.1, 0.15) is 30.9 Å². The summed E-state index contributed by atoms with van der Waals surface area (Å²) in [4.78, 5) is 13.0. The smallest absolute Gasteiger partial charge is 0.247 e. The summed E-state index contributed by atoms with van der Waals surface area (Å²) >= 11 is 0. The minimum atomic E-state index is -0.624. The van der Waals surface area contributed by atoms with Crippen LogP contribution in [0.3, 0.4) is 0 Å². The first kappa shape index (κ1) is 14.8. The SMILES string of the molecule is O=C(C1C2CCC1CNC2)N1N=CCC1c1cc(F)cc(F)c1. The topological polar surface area (TPSA) is 44.7 Å². The number of carbonyl (C=O) groups excluding carboxylic acids is 1. The molecule has 1 N–H and O–H groups in total. The predicted molar refractivity (Wildman–Crippen MR) is 81.6 cm³/mol. The Morgan fingerprint density at radius 1 is 1.13 bits per heavy atom. The van der Waals surface area contributed by atoms with Gasteiger partial charge in [-0.2, -0.15) is 5.10 Å². The van der Waals surface area contributed by atoms with Gasteiger partial charge in [0, 0.05) is 24.6 Å². The van der Waals surface area contributed by atoms with Crippen LogP contribution in [0.4, 0.5) is 8.78 Å². The average molecular weight is 319 g/mol. The number of benzene rings is 1. The van der Waals surface area contributed by atoms with E-state index in [1.165, 1.54) is 17.1 Å². The Bertz CT molecular complexity index is 627. The van der Waals surface area contributed by atoms with Crippen molar-refractivity contribution in [3.8, 4) is 0 Å². The number of nitrogens with zero attached hydrogens (tertiary/aromatic N) is 2.